The number of imidazole rings is 1. The molecule has 1 aromatic carbocycles. The monoisotopic (exact) mass is 265 g/mol. The van der Waals surface area contributed by atoms with Crippen LogP contribution in [0.2, 0.25) is 0 Å². The normalized spacial score (nSPS) is 27.6. The summed E-state index contributed by atoms with van der Waals surface area (Å²) in [5, 5.41) is 3.34. The van der Waals surface area contributed by atoms with E-state index in [1.54, 1.807) is 12.5 Å². The van der Waals surface area contributed by atoms with Crippen LogP contribution in [0.25, 0.3) is 5.57 Å². The summed E-state index contributed by atoms with van der Waals surface area (Å²) in [5.74, 6) is 0.192. The van der Waals surface area contributed by atoms with Crippen molar-refractivity contribution in [2.75, 3.05) is 5.32 Å². The van der Waals surface area contributed by atoms with Gasteiger partial charge in [-0.3, -0.25) is 4.79 Å². The van der Waals surface area contributed by atoms with Crippen molar-refractivity contribution in [3.8, 4) is 0 Å². The molecule has 0 saturated carbocycles. The van der Waals surface area contributed by atoms with E-state index >= 15 is 0 Å². The molecule has 0 saturated heterocycles. The summed E-state index contributed by atoms with van der Waals surface area (Å²) in [4.78, 5) is 16.7. The molecular formula is C16H15N3O. The van der Waals surface area contributed by atoms with Crippen LogP contribution in [0.15, 0.2) is 49.1 Å². The van der Waals surface area contributed by atoms with Gasteiger partial charge in [-0.05, 0) is 11.6 Å². The zero-order valence-corrected chi connectivity index (χ0v) is 11.2. The molecule has 1 N–H and O–H groups in total. The lowest BCUT2D eigenvalue weighted by molar-refractivity contribution is -0.123. The van der Waals surface area contributed by atoms with Crippen molar-refractivity contribution in [2.24, 2.45) is 5.92 Å². The third-order valence-corrected chi connectivity index (χ3v) is 4.31. The number of ketones is 1. The number of rotatable bonds is 1. The fraction of sp³-hybridized carbons (Fsp3) is 0.250. The van der Waals surface area contributed by atoms with E-state index in [-0.39, 0.29) is 23.8 Å². The zero-order chi connectivity index (χ0) is 13.7. The van der Waals surface area contributed by atoms with Crippen LogP contribution in [0.3, 0.4) is 0 Å². The minimum atomic E-state index is -0.192. The van der Waals surface area contributed by atoms with Crippen LogP contribution >= 0.6 is 0 Å². The number of Topliss-reactive ketones (excluding diaryl/α,β-unsaturated/α-hetero) is 1. The van der Waals surface area contributed by atoms with Gasteiger partial charge in [0.1, 0.15) is 6.04 Å². The molecule has 20 heavy (non-hydrogen) atoms. The highest BCUT2D eigenvalue weighted by atomic mass is 16.1. The number of aromatic nitrogens is 2. The van der Waals surface area contributed by atoms with Crippen LogP contribution in [0, 0.1) is 5.92 Å². The van der Waals surface area contributed by atoms with Crippen LogP contribution in [-0.2, 0) is 4.79 Å². The summed E-state index contributed by atoms with van der Waals surface area (Å²) in [6.07, 6.45) is 7.65. The molecule has 3 unspecified atom stereocenters. The minimum absolute atomic E-state index is 0.0456. The van der Waals surface area contributed by atoms with E-state index in [4.69, 9.17) is 0 Å². The van der Waals surface area contributed by atoms with E-state index in [0.717, 1.165) is 16.8 Å². The Labute approximate surface area is 117 Å². The number of allylic oxidation sites excluding steroid dienone is 1. The standard InChI is InChI=1S/C16H15N3O/c1-10-14(19-7-6-17-9-19)8-12-11-4-2-3-5-13(11)18-15(12)16(10)20/h2-10,14-15,18H,1H3. The number of benzene rings is 1. The molecular weight excluding hydrogens is 250 g/mol. The Morgan fingerprint density at radius 1 is 1.30 bits per heavy atom. The molecule has 1 aromatic heterocycles. The maximum absolute atomic E-state index is 12.6. The molecule has 1 aliphatic heterocycles. The van der Waals surface area contributed by atoms with Gasteiger partial charge in [-0.15, -0.1) is 0 Å². The van der Waals surface area contributed by atoms with E-state index in [2.05, 4.69) is 22.4 Å². The van der Waals surface area contributed by atoms with Gasteiger partial charge in [0.15, 0.2) is 5.78 Å². The highest BCUT2D eigenvalue weighted by Crippen LogP contribution is 2.42. The van der Waals surface area contributed by atoms with Gasteiger partial charge >= 0.3 is 0 Å². The van der Waals surface area contributed by atoms with Crippen molar-refractivity contribution < 1.29 is 4.79 Å². The van der Waals surface area contributed by atoms with Crippen LogP contribution in [0.4, 0.5) is 5.69 Å². The van der Waals surface area contributed by atoms with E-state index in [9.17, 15) is 4.79 Å². The first-order chi connectivity index (χ1) is 9.75. The maximum atomic E-state index is 12.6. The van der Waals surface area contributed by atoms with Crippen LogP contribution in [0.1, 0.15) is 18.5 Å². The Morgan fingerprint density at radius 3 is 2.95 bits per heavy atom. The van der Waals surface area contributed by atoms with E-state index < -0.39 is 0 Å². The number of hydrogen-bond acceptors (Lipinski definition) is 3. The van der Waals surface area contributed by atoms with E-state index in [1.807, 2.05) is 35.9 Å². The first-order valence-corrected chi connectivity index (χ1v) is 6.84. The summed E-state index contributed by atoms with van der Waals surface area (Å²) in [5.41, 5.74) is 3.29. The van der Waals surface area contributed by atoms with Crippen LogP contribution in [-0.4, -0.2) is 21.4 Å². The number of nitrogens with zero attached hydrogens (tertiary/aromatic N) is 2. The average molecular weight is 265 g/mol. The predicted octanol–water partition coefficient (Wildman–Crippen LogP) is 2.52. The molecule has 1 aliphatic carbocycles. The predicted molar refractivity (Wildman–Crippen MR) is 77.3 cm³/mol. The molecule has 2 heterocycles. The summed E-state index contributed by atoms with van der Waals surface area (Å²) in [6.45, 7) is 1.99. The SMILES string of the molecule is CC1C(=O)C2Nc3ccccc3C2=CC1n1ccnc1. The number of carbonyl (C=O) groups excluding carboxylic acids is 1. The number of fused-ring (bicyclic) bond motifs is 3. The summed E-state index contributed by atoms with van der Waals surface area (Å²) in [7, 11) is 0. The molecule has 0 amide bonds. The number of anilines is 1. The van der Waals surface area contributed by atoms with Crippen LogP contribution in [0.5, 0.6) is 0 Å². The molecule has 2 aliphatic rings. The number of carbonyl (C=O) groups is 1. The van der Waals surface area contributed by atoms with Crippen molar-refractivity contribution in [2.45, 2.75) is 19.0 Å². The molecule has 2 aromatic rings. The second-order valence-corrected chi connectivity index (χ2v) is 5.44. The van der Waals surface area contributed by atoms with Gasteiger partial charge in [-0.25, -0.2) is 4.98 Å². The zero-order valence-electron chi connectivity index (χ0n) is 11.2. The van der Waals surface area contributed by atoms with Crippen LogP contribution < -0.4 is 5.32 Å². The minimum Gasteiger partial charge on any atom is -0.371 e. The molecule has 3 atom stereocenters. The maximum Gasteiger partial charge on any atom is 0.164 e. The van der Waals surface area contributed by atoms with Gasteiger partial charge < -0.3 is 9.88 Å². The second-order valence-electron chi connectivity index (χ2n) is 5.44. The van der Waals surface area contributed by atoms with E-state index in [0.29, 0.717) is 0 Å². The number of nitrogens with one attached hydrogen (secondary N) is 1. The Hall–Kier alpha value is -2.36. The second kappa shape index (κ2) is 4.07. The Morgan fingerprint density at radius 2 is 2.15 bits per heavy atom. The third kappa shape index (κ3) is 1.48. The molecule has 4 nitrogen and oxygen atoms in total. The lowest BCUT2D eigenvalue weighted by atomic mass is 9.81. The summed E-state index contributed by atoms with van der Waals surface area (Å²) in [6, 6.07) is 7.95. The topological polar surface area (TPSA) is 46.9 Å². The Kier molecular flexibility index (Phi) is 2.33. The molecule has 0 fully saturated rings. The van der Waals surface area contributed by atoms with Crippen molar-refractivity contribution in [1.82, 2.24) is 9.55 Å². The first-order valence-electron chi connectivity index (χ1n) is 6.84. The van der Waals surface area contributed by atoms with Gasteiger partial charge in [0.05, 0.1) is 12.4 Å². The van der Waals surface area contributed by atoms with Crippen molar-refractivity contribution >= 4 is 17.0 Å². The molecule has 0 radical (unpaired) electrons. The van der Waals surface area contributed by atoms with Gasteiger partial charge in [0.25, 0.3) is 0 Å². The smallest absolute Gasteiger partial charge is 0.164 e. The quantitative estimate of drug-likeness (QED) is 0.862. The molecule has 4 heteroatoms. The van der Waals surface area contributed by atoms with Crippen molar-refractivity contribution in [3.63, 3.8) is 0 Å². The van der Waals surface area contributed by atoms with Crippen molar-refractivity contribution in [3.05, 3.63) is 54.6 Å². The largest absolute Gasteiger partial charge is 0.371 e. The lowest BCUT2D eigenvalue weighted by Gasteiger charge is -2.30. The first kappa shape index (κ1) is 11.5. The van der Waals surface area contributed by atoms with Gasteiger partial charge in [-0.1, -0.05) is 31.2 Å². The highest BCUT2D eigenvalue weighted by molar-refractivity contribution is 6.08. The van der Waals surface area contributed by atoms with Gasteiger partial charge in [-0.2, -0.15) is 0 Å². The summed E-state index contributed by atoms with van der Waals surface area (Å²) >= 11 is 0. The fourth-order valence-corrected chi connectivity index (χ4v) is 3.21. The highest BCUT2D eigenvalue weighted by Gasteiger charge is 2.41. The Bertz CT molecular complexity index is 702. The molecule has 0 spiro atoms. The van der Waals surface area contributed by atoms with Gasteiger partial charge in [0, 0.05) is 29.6 Å². The molecule has 0 bridgehead atoms. The summed E-state index contributed by atoms with van der Waals surface area (Å²) < 4.78 is 2.01. The lowest BCUT2D eigenvalue weighted by Crippen LogP contribution is -2.38. The third-order valence-electron chi connectivity index (χ3n) is 4.31. The van der Waals surface area contributed by atoms with Gasteiger partial charge in [0.2, 0.25) is 0 Å². The average Bonchev–Trinajstić information content (AvgIpc) is 3.10. The van der Waals surface area contributed by atoms with E-state index in [1.165, 1.54) is 0 Å². The Balaban J connectivity index is 1.86. The molecule has 4 rings (SSSR count). The van der Waals surface area contributed by atoms with Crippen molar-refractivity contribution in [1.29, 1.82) is 0 Å². The molecule has 100 valence electrons. The fourth-order valence-electron chi connectivity index (χ4n) is 3.21. The number of hydrogen-bond donors (Lipinski definition) is 1. The number of para-hydroxylation sites is 1.